The third kappa shape index (κ3) is 4.88. The van der Waals surface area contributed by atoms with Crippen LogP contribution in [0, 0.1) is 0 Å². The van der Waals surface area contributed by atoms with Gasteiger partial charge in [-0.2, -0.15) is 11.8 Å². The van der Waals surface area contributed by atoms with Crippen molar-refractivity contribution in [2.24, 2.45) is 5.73 Å². The second-order valence-corrected chi connectivity index (χ2v) is 4.38. The number of carboxylic acid groups (broad SMARTS) is 1. The number of carbonyl (C=O) groups excluding carboxylic acids is 1. The Balaban J connectivity index is 2.53. The van der Waals surface area contributed by atoms with Crippen LogP contribution in [0.1, 0.15) is 10.4 Å². The van der Waals surface area contributed by atoms with E-state index < -0.39 is 5.97 Å². The fourth-order valence-electron chi connectivity index (χ4n) is 1.18. The average molecular weight is 254 g/mol. The average Bonchev–Trinajstić information content (AvgIpc) is 2.29. The SMILES string of the molecule is NCCSCC(=O)Nc1cccc(C(=O)O)c1. The number of anilines is 1. The maximum absolute atomic E-state index is 11.4. The minimum absolute atomic E-state index is 0.150. The molecule has 1 aromatic rings. The molecule has 1 amide bonds. The Kier molecular flexibility index (Phi) is 5.51. The normalized spacial score (nSPS) is 9.94. The Labute approximate surface area is 103 Å². The van der Waals surface area contributed by atoms with Gasteiger partial charge in [-0.05, 0) is 18.2 Å². The molecular weight excluding hydrogens is 240 g/mol. The zero-order valence-electron chi connectivity index (χ0n) is 9.18. The Morgan fingerprint density at radius 3 is 2.82 bits per heavy atom. The predicted octanol–water partition coefficient (Wildman–Crippen LogP) is 1.02. The summed E-state index contributed by atoms with van der Waals surface area (Å²) < 4.78 is 0. The number of aromatic carboxylic acids is 1. The van der Waals surface area contributed by atoms with E-state index in [1.54, 1.807) is 12.1 Å². The van der Waals surface area contributed by atoms with Gasteiger partial charge in [-0.25, -0.2) is 4.79 Å². The van der Waals surface area contributed by atoms with E-state index in [0.717, 1.165) is 5.75 Å². The third-order valence-electron chi connectivity index (χ3n) is 1.89. The van der Waals surface area contributed by atoms with E-state index in [9.17, 15) is 9.59 Å². The molecule has 6 heteroatoms. The van der Waals surface area contributed by atoms with Gasteiger partial charge < -0.3 is 16.2 Å². The number of amides is 1. The number of rotatable bonds is 6. The number of hydrogen-bond donors (Lipinski definition) is 3. The molecule has 5 nitrogen and oxygen atoms in total. The quantitative estimate of drug-likeness (QED) is 0.659. The highest BCUT2D eigenvalue weighted by Gasteiger charge is 2.05. The van der Waals surface area contributed by atoms with Crippen LogP contribution in [0.25, 0.3) is 0 Å². The van der Waals surface area contributed by atoms with Gasteiger partial charge in [0.15, 0.2) is 0 Å². The maximum Gasteiger partial charge on any atom is 0.335 e. The summed E-state index contributed by atoms with van der Waals surface area (Å²) in [6.45, 7) is 0.534. The fourth-order valence-corrected chi connectivity index (χ4v) is 1.74. The summed E-state index contributed by atoms with van der Waals surface area (Å²) in [4.78, 5) is 22.2. The number of nitrogens with one attached hydrogen (secondary N) is 1. The van der Waals surface area contributed by atoms with Gasteiger partial charge in [0.25, 0.3) is 0 Å². The fraction of sp³-hybridized carbons (Fsp3) is 0.273. The highest BCUT2D eigenvalue weighted by atomic mass is 32.2. The summed E-state index contributed by atoms with van der Waals surface area (Å²) in [6.07, 6.45) is 0. The van der Waals surface area contributed by atoms with Crippen molar-refractivity contribution >= 4 is 29.3 Å². The second-order valence-electron chi connectivity index (χ2n) is 3.28. The van der Waals surface area contributed by atoms with Gasteiger partial charge in [-0.15, -0.1) is 0 Å². The number of carbonyl (C=O) groups is 2. The van der Waals surface area contributed by atoms with Crippen LogP contribution in [0.3, 0.4) is 0 Å². The van der Waals surface area contributed by atoms with Crippen LogP contribution in [0.5, 0.6) is 0 Å². The Morgan fingerprint density at radius 1 is 1.41 bits per heavy atom. The summed E-state index contributed by atoms with van der Waals surface area (Å²) in [6, 6.07) is 6.14. The van der Waals surface area contributed by atoms with Crippen molar-refractivity contribution in [1.29, 1.82) is 0 Å². The molecule has 17 heavy (non-hydrogen) atoms. The molecule has 0 radical (unpaired) electrons. The van der Waals surface area contributed by atoms with E-state index in [2.05, 4.69) is 5.32 Å². The van der Waals surface area contributed by atoms with Crippen molar-refractivity contribution in [3.8, 4) is 0 Å². The van der Waals surface area contributed by atoms with Gasteiger partial charge in [-0.3, -0.25) is 4.79 Å². The van der Waals surface area contributed by atoms with Crippen LogP contribution in [-0.2, 0) is 4.79 Å². The molecule has 0 heterocycles. The molecule has 0 aliphatic rings. The molecule has 1 aromatic carbocycles. The Hall–Kier alpha value is -1.53. The molecule has 4 N–H and O–H groups in total. The lowest BCUT2D eigenvalue weighted by Gasteiger charge is -2.05. The zero-order chi connectivity index (χ0) is 12.7. The number of carboxylic acids is 1. The summed E-state index contributed by atoms with van der Waals surface area (Å²) in [5.41, 5.74) is 5.94. The van der Waals surface area contributed by atoms with E-state index >= 15 is 0 Å². The van der Waals surface area contributed by atoms with Crippen molar-refractivity contribution in [3.63, 3.8) is 0 Å². The molecule has 0 bridgehead atoms. The minimum atomic E-state index is -1.02. The lowest BCUT2D eigenvalue weighted by molar-refractivity contribution is -0.113. The summed E-state index contributed by atoms with van der Waals surface area (Å²) in [7, 11) is 0. The largest absolute Gasteiger partial charge is 0.478 e. The highest BCUT2D eigenvalue weighted by molar-refractivity contribution is 7.99. The molecule has 0 fully saturated rings. The van der Waals surface area contributed by atoms with E-state index in [1.165, 1.54) is 23.9 Å². The molecule has 0 aliphatic heterocycles. The molecule has 0 atom stereocenters. The van der Waals surface area contributed by atoms with Crippen LogP contribution in [0.2, 0.25) is 0 Å². The van der Waals surface area contributed by atoms with E-state index in [4.69, 9.17) is 10.8 Å². The smallest absolute Gasteiger partial charge is 0.335 e. The minimum Gasteiger partial charge on any atom is -0.478 e. The van der Waals surface area contributed by atoms with Gasteiger partial charge >= 0.3 is 5.97 Å². The summed E-state index contributed by atoms with van der Waals surface area (Å²) in [5, 5.41) is 11.4. The predicted molar refractivity (Wildman–Crippen MR) is 68.4 cm³/mol. The molecule has 92 valence electrons. The molecule has 0 saturated heterocycles. The second kappa shape index (κ2) is 6.93. The highest BCUT2D eigenvalue weighted by Crippen LogP contribution is 2.11. The van der Waals surface area contributed by atoms with Crippen molar-refractivity contribution in [2.75, 3.05) is 23.4 Å². The van der Waals surface area contributed by atoms with Gasteiger partial charge in [-0.1, -0.05) is 6.07 Å². The maximum atomic E-state index is 11.4. The van der Waals surface area contributed by atoms with E-state index in [1.807, 2.05) is 0 Å². The molecule has 1 rings (SSSR count). The van der Waals surface area contributed by atoms with Gasteiger partial charge in [0.2, 0.25) is 5.91 Å². The molecule has 0 aromatic heterocycles. The van der Waals surface area contributed by atoms with Crippen molar-refractivity contribution in [3.05, 3.63) is 29.8 Å². The first-order chi connectivity index (χ1) is 8.13. The first-order valence-electron chi connectivity index (χ1n) is 5.04. The summed E-state index contributed by atoms with van der Waals surface area (Å²) >= 11 is 1.44. The van der Waals surface area contributed by atoms with Gasteiger partial charge in [0, 0.05) is 18.0 Å². The number of benzene rings is 1. The molecule has 0 spiro atoms. The Bertz CT molecular complexity index is 409. The van der Waals surface area contributed by atoms with Crippen molar-refractivity contribution in [1.82, 2.24) is 0 Å². The van der Waals surface area contributed by atoms with E-state index in [0.29, 0.717) is 18.0 Å². The molecule has 0 unspecified atom stereocenters. The van der Waals surface area contributed by atoms with Gasteiger partial charge in [0.1, 0.15) is 0 Å². The van der Waals surface area contributed by atoms with E-state index in [-0.39, 0.29) is 11.5 Å². The number of nitrogens with two attached hydrogens (primary N) is 1. The number of thioether (sulfide) groups is 1. The number of hydrogen-bond acceptors (Lipinski definition) is 4. The molecule has 0 saturated carbocycles. The molecule has 0 aliphatic carbocycles. The first kappa shape index (κ1) is 13.5. The van der Waals surface area contributed by atoms with Crippen LogP contribution in [0.15, 0.2) is 24.3 Å². The van der Waals surface area contributed by atoms with Crippen LogP contribution in [0.4, 0.5) is 5.69 Å². The summed E-state index contributed by atoms with van der Waals surface area (Å²) in [5.74, 6) is -0.138. The van der Waals surface area contributed by atoms with Crippen molar-refractivity contribution < 1.29 is 14.7 Å². The van der Waals surface area contributed by atoms with Gasteiger partial charge in [0.05, 0.1) is 11.3 Å². The standard InChI is InChI=1S/C11H14N2O3S/c12-4-5-17-7-10(14)13-9-3-1-2-8(6-9)11(15)16/h1-3,6H,4-5,7,12H2,(H,13,14)(H,15,16). The lowest BCUT2D eigenvalue weighted by Crippen LogP contribution is -2.15. The lowest BCUT2D eigenvalue weighted by atomic mass is 10.2. The topological polar surface area (TPSA) is 92.4 Å². The van der Waals surface area contributed by atoms with Crippen molar-refractivity contribution in [2.45, 2.75) is 0 Å². The van der Waals surface area contributed by atoms with Crippen LogP contribution < -0.4 is 11.1 Å². The first-order valence-corrected chi connectivity index (χ1v) is 6.20. The van der Waals surface area contributed by atoms with Crippen LogP contribution in [-0.4, -0.2) is 35.0 Å². The monoisotopic (exact) mass is 254 g/mol. The zero-order valence-corrected chi connectivity index (χ0v) is 10.00. The van der Waals surface area contributed by atoms with Crippen LogP contribution >= 0.6 is 11.8 Å². The Morgan fingerprint density at radius 2 is 2.18 bits per heavy atom. The molecular formula is C11H14N2O3S. The third-order valence-corrected chi connectivity index (χ3v) is 2.88.